The molecule has 0 aliphatic carbocycles. The van der Waals surface area contributed by atoms with Crippen molar-refractivity contribution in [3.05, 3.63) is 58.1 Å². The molecule has 0 radical (unpaired) electrons. The van der Waals surface area contributed by atoms with Crippen molar-refractivity contribution < 1.29 is 8.42 Å². The maximum absolute atomic E-state index is 12.3. The Bertz CT molecular complexity index is 733. The van der Waals surface area contributed by atoms with Crippen molar-refractivity contribution in [3.63, 3.8) is 0 Å². The van der Waals surface area contributed by atoms with Crippen molar-refractivity contribution in [2.24, 2.45) is 0 Å². The van der Waals surface area contributed by atoms with Gasteiger partial charge in [0.25, 0.3) is 10.0 Å². The van der Waals surface area contributed by atoms with Crippen molar-refractivity contribution in [2.75, 3.05) is 10.1 Å². The summed E-state index contributed by atoms with van der Waals surface area (Å²) in [5, 5.41) is 1.38. The van der Waals surface area contributed by atoms with Gasteiger partial charge in [0.2, 0.25) is 0 Å². The average Bonchev–Trinajstić information content (AvgIpc) is 2.44. The maximum Gasteiger partial charge on any atom is 0.261 e. The number of hydrogen-bond donors (Lipinski definition) is 1. The Morgan fingerprint density at radius 2 is 1.67 bits per heavy atom. The largest absolute Gasteiger partial charge is 0.280 e. The second kappa shape index (κ2) is 7.01. The first-order valence-electron chi connectivity index (χ1n) is 6.05. The zero-order valence-electron chi connectivity index (χ0n) is 10.8. The van der Waals surface area contributed by atoms with E-state index >= 15 is 0 Å². The Hall–Kier alpha value is -0.750. The predicted octanol–water partition coefficient (Wildman–Crippen LogP) is 4.73. The predicted molar refractivity (Wildman–Crippen MR) is 91.2 cm³/mol. The third-order valence-electron chi connectivity index (χ3n) is 2.79. The number of aryl methyl sites for hydroxylation is 1. The van der Waals surface area contributed by atoms with E-state index in [-0.39, 0.29) is 9.92 Å². The van der Waals surface area contributed by atoms with Gasteiger partial charge in [0.15, 0.2) is 0 Å². The van der Waals surface area contributed by atoms with Crippen LogP contribution in [0.25, 0.3) is 0 Å². The highest BCUT2D eigenvalue weighted by molar-refractivity contribution is 9.09. The molecule has 2 aromatic carbocycles. The monoisotopic (exact) mass is 407 g/mol. The molecule has 21 heavy (non-hydrogen) atoms. The summed E-state index contributed by atoms with van der Waals surface area (Å²) < 4.78 is 27.0. The minimum Gasteiger partial charge on any atom is -0.280 e. The van der Waals surface area contributed by atoms with Crippen molar-refractivity contribution in [1.82, 2.24) is 0 Å². The Morgan fingerprint density at radius 3 is 2.24 bits per heavy atom. The fourth-order valence-corrected chi connectivity index (χ4v) is 3.61. The van der Waals surface area contributed by atoms with Crippen molar-refractivity contribution in [2.45, 2.75) is 11.3 Å². The molecule has 112 valence electrons. The molecule has 0 saturated heterocycles. The van der Waals surface area contributed by atoms with Gasteiger partial charge in [-0.05, 0) is 42.3 Å². The molecule has 0 aliphatic heterocycles. The molecule has 0 aromatic heterocycles. The molecule has 0 amide bonds. The van der Waals surface area contributed by atoms with Gasteiger partial charge in [0.1, 0.15) is 0 Å². The molecule has 1 N–H and O–H groups in total. The van der Waals surface area contributed by atoms with Gasteiger partial charge >= 0.3 is 0 Å². The Morgan fingerprint density at radius 1 is 1.00 bits per heavy atom. The topological polar surface area (TPSA) is 46.2 Å². The van der Waals surface area contributed by atoms with Crippen LogP contribution >= 0.6 is 39.1 Å². The van der Waals surface area contributed by atoms with Crippen LogP contribution in [0.2, 0.25) is 10.0 Å². The van der Waals surface area contributed by atoms with Crippen LogP contribution in [0.1, 0.15) is 5.56 Å². The fourth-order valence-electron chi connectivity index (χ4n) is 1.71. The molecule has 2 rings (SSSR count). The van der Waals surface area contributed by atoms with E-state index in [1.54, 1.807) is 12.1 Å². The molecule has 0 bridgehead atoms. The Balaban J connectivity index is 2.22. The molecule has 7 heteroatoms. The fraction of sp³-hybridized carbons (Fsp3) is 0.143. The van der Waals surface area contributed by atoms with Crippen LogP contribution in [0.5, 0.6) is 0 Å². The second-order valence-corrected chi connectivity index (χ2v) is 7.61. The lowest BCUT2D eigenvalue weighted by Gasteiger charge is -2.09. The number of anilines is 1. The number of benzene rings is 2. The summed E-state index contributed by atoms with van der Waals surface area (Å²) in [7, 11) is -3.68. The lowest BCUT2D eigenvalue weighted by molar-refractivity contribution is 0.601. The van der Waals surface area contributed by atoms with Crippen LogP contribution in [-0.2, 0) is 16.4 Å². The summed E-state index contributed by atoms with van der Waals surface area (Å²) in [6.45, 7) is 0. The van der Waals surface area contributed by atoms with Gasteiger partial charge in [-0.15, -0.1) is 0 Å². The zero-order chi connectivity index (χ0) is 15.5. The highest BCUT2D eigenvalue weighted by Gasteiger charge is 2.15. The van der Waals surface area contributed by atoms with Crippen LogP contribution in [0.3, 0.4) is 0 Å². The standard InChI is InChI=1S/C14H12BrCl2NO2S/c15-8-7-10-1-3-11(4-2-10)18-21(19,20)12-5-6-13(16)14(17)9-12/h1-6,9,18H,7-8H2. The maximum atomic E-state index is 12.3. The first kappa shape index (κ1) is 16.6. The van der Waals surface area contributed by atoms with E-state index in [2.05, 4.69) is 20.7 Å². The van der Waals surface area contributed by atoms with E-state index in [9.17, 15) is 8.42 Å². The Labute approximate surface area is 142 Å². The molecule has 0 atom stereocenters. The first-order valence-corrected chi connectivity index (χ1v) is 9.41. The first-order chi connectivity index (χ1) is 9.92. The number of nitrogens with one attached hydrogen (secondary N) is 1. The SMILES string of the molecule is O=S(=O)(Nc1ccc(CCBr)cc1)c1ccc(Cl)c(Cl)c1. The van der Waals surface area contributed by atoms with Gasteiger partial charge in [0.05, 0.1) is 14.9 Å². The third-order valence-corrected chi connectivity index (χ3v) is 5.31. The van der Waals surface area contributed by atoms with E-state index in [0.29, 0.717) is 10.7 Å². The van der Waals surface area contributed by atoms with E-state index in [1.807, 2.05) is 12.1 Å². The van der Waals surface area contributed by atoms with Gasteiger partial charge in [0, 0.05) is 11.0 Å². The summed E-state index contributed by atoms with van der Waals surface area (Å²) in [5.74, 6) is 0. The van der Waals surface area contributed by atoms with Crippen molar-refractivity contribution in [3.8, 4) is 0 Å². The number of alkyl halides is 1. The second-order valence-electron chi connectivity index (χ2n) is 4.32. The van der Waals surface area contributed by atoms with Gasteiger partial charge in [-0.2, -0.15) is 0 Å². The molecule has 0 spiro atoms. The van der Waals surface area contributed by atoms with Gasteiger partial charge < -0.3 is 0 Å². The molecule has 0 heterocycles. The molecule has 2 aromatic rings. The summed E-state index contributed by atoms with van der Waals surface area (Å²) >= 11 is 15.0. The summed E-state index contributed by atoms with van der Waals surface area (Å²) in [5.41, 5.74) is 1.63. The number of hydrogen-bond acceptors (Lipinski definition) is 2. The van der Waals surface area contributed by atoms with E-state index in [4.69, 9.17) is 23.2 Å². The molecular weight excluding hydrogens is 397 g/mol. The molecule has 0 fully saturated rings. The normalized spacial score (nSPS) is 11.4. The smallest absolute Gasteiger partial charge is 0.261 e. The summed E-state index contributed by atoms with van der Waals surface area (Å²) in [6, 6.07) is 11.4. The van der Waals surface area contributed by atoms with Crippen molar-refractivity contribution >= 4 is 54.8 Å². The molecular formula is C14H12BrCl2NO2S. The minimum atomic E-state index is -3.68. The summed E-state index contributed by atoms with van der Waals surface area (Å²) in [6.07, 6.45) is 0.889. The van der Waals surface area contributed by atoms with Crippen LogP contribution in [0.4, 0.5) is 5.69 Å². The van der Waals surface area contributed by atoms with E-state index < -0.39 is 10.0 Å². The van der Waals surface area contributed by atoms with Crippen molar-refractivity contribution in [1.29, 1.82) is 0 Å². The highest BCUT2D eigenvalue weighted by Crippen LogP contribution is 2.26. The number of rotatable bonds is 5. The number of sulfonamides is 1. The van der Waals surface area contributed by atoms with Crippen LogP contribution in [0, 0.1) is 0 Å². The van der Waals surface area contributed by atoms with Gasteiger partial charge in [-0.1, -0.05) is 51.3 Å². The molecule has 0 aliphatic rings. The van der Waals surface area contributed by atoms with Crippen LogP contribution in [-0.4, -0.2) is 13.7 Å². The van der Waals surface area contributed by atoms with E-state index in [1.165, 1.54) is 18.2 Å². The molecule has 0 saturated carbocycles. The van der Waals surface area contributed by atoms with Gasteiger partial charge in [-0.25, -0.2) is 8.42 Å². The van der Waals surface area contributed by atoms with E-state index in [0.717, 1.165) is 17.3 Å². The zero-order valence-corrected chi connectivity index (χ0v) is 14.7. The molecule has 0 unspecified atom stereocenters. The lowest BCUT2D eigenvalue weighted by Crippen LogP contribution is -2.12. The lowest BCUT2D eigenvalue weighted by atomic mass is 10.2. The quantitative estimate of drug-likeness (QED) is 0.726. The van der Waals surface area contributed by atoms with Crippen LogP contribution < -0.4 is 4.72 Å². The Kier molecular flexibility index (Phi) is 5.54. The minimum absolute atomic E-state index is 0.0708. The van der Waals surface area contributed by atoms with Gasteiger partial charge in [-0.3, -0.25) is 4.72 Å². The highest BCUT2D eigenvalue weighted by atomic mass is 79.9. The molecule has 3 nitrogen and oxygen atoms in total. The average molecular weight is 409 g/mol. The number of halogens is 3. The third kappa shape index (κ3) is 4.36. The summed E-state index contributed by atoms with van der Waals surface area (Å²) in [4.78, 5) is 0.0708. The van der Waals surface area contributed by atoms with Crippen LogP contribution in [0.15, 0.2) is 47.4 Å².